The monoisotopic (exact) mass is 433 g/mol. The zero-order valence-electron chi connectivity index (χ0n) is 17.4. The number of hydrogen-bond donors (Lipinski definition) is 3. The molecule has 3 N–H and O–H groups in total. The predicted molar refractivity (Wildman–Crippen MR) is 118 cm³/mol. The van der Waals surface area contributed by atoms with Crippen LogP contribution in [0.2, 0.25) is 5.02 Å². The van der Waals surface area contributed by atoms with Crippen LogP contribution >= 0.6 is 11.6 Å². The third-order valence-electron chi connectivity index (χ3n) is 6.21. The van der Waals surface area contributed by atoms with Crippen molar-refractivity contribution in [2.24, 2.45) is 11.8 Å². The molecule has 2 aliphatic carbocycles. The van der Waals surface area contributed by atoms with Gasteiger partial charge in [0.15, 0.2) is 0 Å². The average molecular weight is 434 g/mol. The van der Waals surface area contributed by atoms with Crippen LogP contribution in [-0.2, 0) is 14.4 Å². The molecule has 0 unspecified atom stereocenters. The van der Waals surface area contributed by atoms with Gasteiger partial charge < -0.3 is 16.0 Å². The summed E-state index contributed by atoms with van der Waals surface area (Å²) in [5.41, 5.74) is 0.642. The first-order valence-corrected chi connectivity index (χ1v) is 11.5. The molecule has 0 spiro atoms. The number of carbonyl (C=O) groups is 3. The molecule has 0 bridgehead atoms. The summed E-state index contributed by atoms with van der Waals surface area (Å²) in [5.74, 6) is 0.246. The summed E-state index contributed by atoms with van der Waals surface area (Å²) >= 11 is 5.83. The first-order valence-electron chi connectivity index (χ1n) is 11.1. The van der Waals surface area contributed by atoms with E-state index in [0.717, 1.165) is 25.7 Å². The molecule has 1 aromatic carbocycles. The molecule has 3 rings (SSSR count). The minimum Gasteiger partial charge on any atom is -0.353 e. The Morgan fingerprint density at radius 3 is 2.20 bits per heavy atom. The fourth-order valence-corrected chi connectivity index (χ4v) is 4.62. The number of anilines is 1. The molecule has 0 radical (unpaired) electrons. The Morgan fingerprint density at radius 1 is 0.867 bits per heavy atom. The maximum Gasteiger partial charge on any atom is 0.243 e. The predicted octanol–water partition coefficient (Wildman–Crippen LogP) is 4.04. The van der Waals surface area contributed by atoms with E-state index in [1.807, 2.05) is 0 Å². The fourth-order valence-electron chi connectivity index (χ4n) is 4.49. The van der Waals surface area contributed by atoms with Gasteiger partial charge in [0.05, 0.1) is 6.54 Å². The van der Waals surface area contributed by atoms with Gasteiger partial charge >= 0.3 is 0 Å². The van der Waals surface area contributed by atoms with Crippen LogP contribution in [-0.4, -0.2) is 30.3 Å². The Balaban J connectivity index is 1.32. The van der Waals surface area contributed by atoms with E-state index in [1.165, 1.54) is 32.1 Å². The molecule has 0 atom stereocenters. The number of carbonyl (C=O) groups excluding carboxylic acids is 3. The van der Waals surface area contributed by atoms with E-state index < -0.39 is 0 Å². The highest BCUT2D eigenvalue weighted by atomic mass is 35.5. The molecule has 30 heavy (non-hydrogen) atoms. The Labute approximate surface area is 183 Å². The third kappa shape index (κ3) is 7.31. The van der Waals surface area contributed by atoms with Crippen molar-refractivity contribution in [3.05, 3.63) is 29.3 Å². The van der Waals surface area contributed by atoms with Gasteiger partial charge in [0.2, 0.25) is 17.7 Å². The zero-order chi connectivity index (χ0) is 21.3. The van der Waals surface area contributed by atoms with Crippen LogP contribution in [0.3, 0.4) is 0 Å². The number of halogens is 1. The molecule has 0 aliphatic heterocycles. The molecule has 1 aromatic rings. The van der Waals surface area contributed by atoms with Gasteiger partial charge in [-0.1, -0.05) is 30.9 Å². The Kier molecular flexibility index (Phi) is 8.55. The summed E-state index contributed by atoms with van der Waals surface area (Å²) in [7, 11) is 0. The van der Waals surface area contributed by atoms with E-state index in [4.69, 9.17) is 11.6 Å². The van der Waals surface area contributed by atoms with Crippen molar-refractivity contribution >= 4 is 35.0 Å². The third-order valence-corrected chi connectivity index (χ3v) is 6.47. The van der Waals surface area contributed by atoms with Crippen LogP contribution in [0, 0.1) is 11.8 Å². The number of nitrogens with one attached hydrogen (secondary N) is 3. The quantitative estimate of drug-likeness (QED) is 0.606. The Bertz CT molecular complexity index is 724. The van der Waals surface area contributed by atoms with Crippen LogP contribution in [0.1, 0.15) is 64.2 Å². The summed E-state index contributed by atoms with van der Waals surface area (Å²) < 4.78 is 0. The number of hydrogen-bond acceptors (Lipinski definition) is 3. The maximum atomic E-state index is 12.4. The molecule has 164 valence electrons. The van der Waals surface area contributed by atoms with Gasteiger partial charge in [-0.25, -0.2) is 0 Å². The number of amides is 3. The molecule has 0 heterocycles. The highest BCUT2D eigenvalue weighted by Gasteiger charge is 2.28. The first-order chi connectivity index (χ1) is 14.5. The zero-order valence-corrected chi connectivity index (χ0v) is 18.2. The van der Waals surface area contributed by atoms with Crippen molar-refractivity contribution in [3.63, 3.8) is 0 Å². The van der Waals surface area contributed by atoms with Crippen LogP contribution in [0.5, 0.6) is 0 Å². The van der Waals surface area contributed by atoms with Crippen molar-refractivity contribution in [2.75, 3.05) is 11.9 Å². The van der Waals surface area contributed by atoms with E-state index in [1.54, 1.807) is 24.3 Å². The summed E-state index contributed by atoms with van der Waals surface area (Å²) in [6, 6.07) is 6.99. The molecule has 2 saturated carbocycles. The number of benzene rings is 1. The fraction of sp³-hybridized carbons (Fsp3) is 0.609. The summed E-state index contributed by atoms with van der Waals surface area (Å²) in [6.07, 6.45) is 9.87. The molecule has 7 heteroatoms. The van der Waals surface area contributed by atoms with Gasteiger partial charge in [-0.15, -0.1) is 0 Å². The minimum absolute atomic E-state index is 0.0560. The lowest BCUT2D eigenvalue weighted by molar-refractivity contribution is -0.128. The van der Waals surface area contributed by atoms with E-state index in [-0.39, 0.29) is 36.2 Å². The second-order valence-corrected chi connectivity index (χ2v) is 9.03. The average Bonchev–Trinajstić information content (AvgIpc) is 2.75. The van der Waals surface area contributed by atoms with E-state index >= 15 is 0 Å². The molecule has 3 amide bonds. The molecule has 6 nitrogen and oxygen atoms in total. The van der Waals surface area contributed by atoms with Crippen LogP contribution < -0.4 is 16.0 Å². The van der Waals surface area contributed by atoms with Crippen LogP contribution in [0.25, 0.3) is 0 Å². The SMILES string of the molecule is O=C(CNC(=O)C1CCC(NC(=O)CC2CCCCC2)CC1)Nc1ccc(Cl)cc1. The molecule has 2 fully saturated rings. The van der Waals surface area contributed by atoms with Crippen LogP contribution in [0.4, 0.5) is 5.69 Å². The normalized spacial score (nSPS) is 22.2. The van der Waals surface area contributed by atoms with Crippen molar-refractivity contribution in [1.82, 2.24) is 10.6 Å². The van der Waals surface area contributed by atoms with Crippen molar-refractivity contribution < 1.29 is 14.4 Å². The second-order valence-electron chi connectivity index (χ2n) is 8.60. The van der Waals surface area contributed by atoms with Crippen molar-refractivity contribution in [3.8, 4) is 0 Å². The molecular formula is C23H32ClN3O3. The lowest BCUT2D eigenvalue weighted by Gasteiger charge is -2.29. The van der Waals surface area contributed by atoms with E-state index in [2.05, 4.69) is 16.0 Å². The highest BCUT2D eigenvalue weighted by Crippen LogP contribution is 2.27. The van der Waals surface area contributed by atoms with Gasteiger partial charge in [0, 0.05) is 29.1 Å². The Hall–Kier alpha value is -2.08. The first kappa shape index (κ1) is 22.6. The van der Waals surface area contributed by atoms with Gasteiger partial charge in [-0.3, -0.25) is 14.4 Å². The van der Waals surface area contributed by atoms with E-state index in [0.29, 0.717) is 23.0 Å². The largest absolute Gasteiger partial charge is 0.353 e. The number of rotatable bonds is 7. The highest BCUT2D eigenvalue weighted by molar-refractivity contribution is 6.30. The summed E-state index contributed by atoms with van der Waals surface area (Å²) in [4.78, 5) is 36.7. The lowest BCUT2D eigenvalue weighted by atomic mass is 9.84. The second kappa shape index (κ2) is 11.3. The van der Waals surface area contributed by atoms with Gasteiger partial charge in [-0.05, 0) is 68.7 Å². The molecule has 2 aliphatic rings. The molecular weight excluding hydrogens is 402 g/mol. The molecule has 0 aromatic heterocycles. The summed E-state index contributed by atoms with van der Waals surface area (Å²) in [6.45, 7) is -0.0560. The topological polar surface area (TPSA) is 87.3 Å². The van der Waals surface area contributed by atoms with Gasteiger partial charge in [0.1, 0.15) is 0 Å². The Morgan fingerprint density at radius 2 is 1.53 bits per heavy atom. The van der Waals surface area contributed by atoms with Gasteiger partial charge in [-0.2, -0.15) is 0 Å². The van der Waals surface area contributed by atoms with Crippen LogP contribution in [0.15, 0.2) is 24.3 Å². The standard InChI is InChI=1S/C23H32ClN3O3/c24-18-8-12-20(13-9-18)27-22(29)15-25-23(30)17-6-10-19(11-7-17)26-21(28)14-16-4-2-1-3-5-16/h8-9,12-13,16-17,19H,1-7,10-11,14-15H2,(H,25,30)(H,26,28)(H,27,29). The van der Waals surface area contributed by atoms with Crippen molar-refractivity contribution in [1.29, 1.82) is 0 Å². The van der Waals surface area contributed by atoms with Gasteiger partial charge in [0.25, 0.3) is 0 Å². The smallest absolute Gasteiger partial charge is 0.243 e. The molecule has 0 saturated heterocycles. The van der Waals surface area contributed by atoms with E-state index in [9.17, 15) is 14.4 Å². The maximum absolute atomic E-state index is 12.4. The van der Waals surface area contributed by atoms with Crippen molar-refractivity contribution in [2.45, 2.75) is 70.3 Å². The minimum atomic E-state index is -0.269. The lowest BCUT2D eigenvalue weighted by Crippen LogP contribution is -2.42. The summed E-state index contributed by atoms with van der Waals surface area (Å²) in [5, 5.41) is 9.22.